The monoisotopic (exact) mass is 312 g/mol. The molecule has 2 aromatic rings. The third-order valence-electron chi connectivity index (χ3n) is 2.58. The van der Waals surface area contributed by atoms with Gasteiger partial charge >= 0.3 is 6.03 Å². The van der Waals surface area contributed by atoms with Gasteiger partial charge < -0.3 is 10.6 Å². The van der Waals surface area contributed by atoms with Gasteiger partial charge in [-0.15, -0.1) is 0 Å². The first-order valence-electron chi connectivity index (χ1n) is 5.79. The third kappa shape index (κ3) is 3.85. The average Bonchev–Trinajstić information content (AvgIpc) is 2.40. The van der Waals surface area contributed by atoms with E-state index in [2.05, 4.69) is 10.6 Å². The predicted octanol–water partition coefficient (Wildman–Crippen LogP) is 4.45. The normalized spacial score (nSPS) is 10.2. The van der Waals surface area contributed by atoms with Gasteiger partial charge in [-0.2, -0.15) is 0 Å². The molecular weight excluding hydrogens is 302 g/mol. The van der Waals surface area contributed by atoms with Crippen molar-refractivity contribution in [3.05, 3.63) is 63.9 Å². The fourth-order valence-electron chi connectivity index (χ4n) is 1.57. The Morgan fingerprint density at radius 1 is 1.15 bits per heavy atom. The van der Waals surface area contributed by atoms with Crippen LogP contribution in [0.15, 0.2) is 42.5 Å². The highest BCUT2D eigenvalue weighted by molar-refractivity contribution is 6.35. The summed E-state index contributed by atoms with van der Waals surface area (Å²) in [5, 5.41) is 5.99. The number of carbonyl (C=O) groups excluding carboxylic acids is 1. The van der Waals surface area contributed by atoms with Crippen LogP contribution in [0.4, 0.5) is 14.9 Å². The lowest BCUT2D eigenvalue weighted by Crippen LogP contribution is -2.28. The Morgan fingerprint density at radius 2 is 1.90 bits per heavy atom. The molecule has 0 spiro atoms. The van der Waals surface area contributed by atoms with Crippen LogP contribution < -0.4 is 10.6 Å². The smallest absolute Gasteiger partial charge is 0.319 e. The molecule has 0 bridgehead atoms. The number of benzene rings is 2. The highest BCUT2D eigenvalue weighted by Crippen LogP contribution is 2.20. The quantitative estimate of drug-likeness (QED) is 0.863. The maximum Gasteiger partial charge on any atom is 0.319 e. The number of carbonyl (C=O) groups is 1. The Hall–Kier alpha value is -1.78. The van der Waals surface area contributed by atoms with E-state index in [9.17, 15) is 9.18 Å². The summed E-state index contributed by atoms with van der Waals surface area (Å²) in [6.07, 6.45) is 0. The van der Waals surface area contributed by atoms with Crippen molar-refractivity contribution in [1.29, 1.82) is 0 Å². The first-order valence-corrected chi connectivity index (χ1v) is 6.55. The minimum Gasteiger partial charge on any atom is -0.334 e. The van der Waals surface area contributed by atoms with Gasteiger partial charge in [0.05, 0.1) is 5.69 Å². The molecule has 0 aliphatic rings. The summed E-state index contributed by atoms with van der Waals surface area (Å²) in [7, 11) is 0. The molecule has 0 aromatic heterocycles. The lowest BCUT2D eigenvalue weighted by atomic mass is 10.2. The Kier molecular flexibility index (Phi) is 4.82. The molecule has 0 radical (unpaired) electrons. The molecule has 0 saturated carbocycles. The molecule has 20 heavy (non-hydrogen) atoms. The van der Waals surface area contributed by atoms with E-state index in [-0.39, 0.29) is 12.2 Å². The van der Waals surface area contributed by atoms with E-state index in [4.69, 9.17) is 23.2 Å². The van der Waals surface area contributed by atoms with Crippen LogP contribution in [0.25, 0.3) is 0 Å². The summed E-state index contributed by atoms with van der Waals surface area (Å²) < 4.78 is 13.3. The van der Waals surface area contributed by atoms with Crippen LogP contribution in [-0.2, 0) is 6.54 Å². The van der Waals surface area contributed by atoms with Crippen LogP contribution in [-0.4, -0.2) is 6.03 Å². The summed E-state index contributed by atoms with van der Waals surface area (Å²) in [4.78, 5) is 11.7. The number of urea groups is 1. The highest BCUT2D eigenvalue weighted by Gasteiger charge is 2.07. The summed E-state index contributed by atoms with van der Waals surface area (Å²) in [5.41, 5.74) is 0.840. The zero-order chi connectivity index (χ0) is 14.5. The third-order valence-corrected chi connectivity index (χ3v) is 3.16. The number of para-hydroxylation sites is 1. The molecule has 0 heterocycles. The second-order valence-corrected chi connectivity index (χ2v) is 4.87. The van der Waals surface area contributed by atoms with E-state index in [1.54, 1.807) is 30.3 Å². The first-order chi connectivity index (χ1) is 9.56. The molecule has 2 rings (SSSR count). The summed E-state index contributed by atoms with van der Waals surface area (Å²) >= 11 is 11.8. The van der Waals surface area contributed by atoms with Gasteiger partial charge in [0.1, 0.15) is 5.82 Å². The average molecular weight is 313 g/mol. The van der Waals surface area contributed by atoms with Crippen LogP contribution in [0, 0.1) is 5.82 Å². The first kappa shape index (κ1) is 14.6. The van der Waals surface area contributed by atoms with Crippen molar-refractivity contribution >= 4 is 34.9 Å². The lowest BCUT2D eigenvalue weighted by molar-refractivity contribution is 0.251. The molecule has 104 valence electrons. The van der Waals surface area contributed by atoms with Crippen LogP contribution in [0.1, 0.15) is 5.56 Å². The van der Waals surface area contributed by atoms with Crippen LogP contribution in [0.2, 0.25) is 10.0 Å². The Morgan fingerprint density at radius 3 is 2.60 bits per heavy atom. The minimum atomic E-state index is -0.513. The van der Waals surface area contributed by atoms with Crippen LogP contribution in [0.5, 0.6) is 0 Å². The van der Waals surface area contributed by atoms with Gasteiger partial charge in [-0.3, -0.25) is 0 Å². The molecule has 0 atom stereocenters. The summed E-state index contributed by atoms with van der Waals surface area (Å²) in [6, 6.07) is 10.4. The maximum absolute atomic E-state index is 13.3. The van der Waals surface area contributed by atoms with Crippen molar-refractivity contribution < 1.29 is 9.18 Å². The molecule has 2 aromatic carbocycles. The molecule has 0 aliphatic heterocycles. The molecule has 0 fully saturated rings. The second kappa shape index (κ2) is 6.59. The van der Waals surface area contributed by atoms with Gasteiger partial charge in [0.2, 0.25) is 0 Å². The van der Waals surface area contributed by atoms with Gasteiger partial charge in [-0.1, -0.05) is 41.4 Å². The molecule has 0 unspecified atom stereocenters. The van der Waals surface area contributed by atoms with Gasteiger partial charge in [0.25, 0.3) is 0 Å². The SMILES string of the molecule is O=C(NCc1ccc(Cl)cc1Cl)Nc1ccccc1F. The van der Waals surface area contributed by atoms with Gasteiger partial charge in [-0.05, 0) is 29.8 Å². The number of nitrogens with one attached hydrogen (secondary N) is 2. The number of anilines is 1. The fraction of sp³-hybridized carbons (Fsp3) is 0.0714. The molecule has 2 N–H and O–H groups in total. The Labute approximate surface area is 125 Å². The largest absolute Gasteiger partial charge is 0.334 e. The van der Waals surface area contributed by atoms with Crippen molar-refractivity contribution in [3.63, 3.8) is 0 Å². The van der Waals surface area contributed by atoms with E-state index in [0.717, 1.165) is 5.56 Å². The fourth-order valence-corrected chi connectivity index (χ4v) is 2.04. The number of amides is 2. The molecule has 2 amide bonds. The molecule has 6 heteroatoms. The van der Waals surface area contributed by atoms with Crippen molar-refractivity contribution in [2.24, 2.45) is 0 Å². The van der Waals surface area contributed by atoms with Gasteiger partial charge in [0, 0.05) is 16.6 Å². The van der Waals surface area contributed by atoms with Gasteiger partial charge in [0.15, 0.2) is 0 Å². The molecule has 0 saturated heterocycles. The van der Waals surface area contributed by atoms with E-state index < -0.39 is 11.8 Å². The van der Waals surface area contributed by atoms with Crippen molar-refractivity contribution in [2.75, 3.05) is 5.32 Å². The Balaban J connectivity index is 1.94. The number of rotatable bonds is 3. The van der Waals surface area contributed by atoms with Gasteiger partial charge in [-0.25, -0.2) is 9.18 Å². The van der Waals surface area contributed by atoms with Crippen molar-refractivity contribution in [3.8, 4) is 0 Å². The van der Waals surface area contributed by atoms with E-state index >= 15 is 0 Å². The molecule has 3 nitrogen and oxygen atoms in total. The second-order valence-electron chi connectivity index (χ2n) is 4.02. The topological polar surface area (TPSA) is 41.1 Å². The number of hydrogen-bond donors (Lipinski definition) is 2. The highest BCUT2D eigenvalue weighted by atomic mass is 35.5. The molecule has 0 aliphatic carbocycles. The predicted molar refractivity (Wildman–Crippen MR) is 78.7 cm³/mol. The lowest BCUT2D eigenvalue weighted by Gasteiger charge is -2.09. The van der Waals surface area contributed by atoms with E-state index in [1.165, 1.54) is 12.1 Å². The number of halogens is 3. The van der Waals surface area contributed by atoms with Crippen molar-refractivity contribution in [2.45, 2.75) is 6.54 Å². The van der Waals surface area contributed by atoms with Crippen molar-refractivity contribution in [1.82, 2.24) is 5.32 Å². The summed E-state index contributed by atoms with van der Waals surface area (Å²) in [5.74, 6) is -0.493. The van der Waals surface area contributed by atoms with E-state index in [0.29, 0.717) is 10.0 Å². The maximum atomic E-state index is 13.3. The number of hydrogen-bond acceptors (Lipinski definition) is 1. The van der Waals surface area contributed by atoms with Crippen LogP contribution in [0.3, 0.4) is 0 Å². The zero-order valence-corrected chi connectivity index (χ0v) is 11.8. The van der Waals surface area contributed by atoms with Crippen LogP contribution >= 0.6 is 23.2 Å². The standard InChI is InChI=1S/C14H11Cl2FN2O/c15-10-6-5-9(11(16)7-10)8-18-14(20)19-13-4-2-1-3-12(13)17/h1-7H,8H2,(H2,18,19,20). The minimum absolute atomic E-state index is 0.118. The summed E-state index contributed by atoms with van der Waals surface area (Å²) in [6.45, 7) is 0.219. The molecular formula is C14H11Cl2FN2O. The van der Waals surface area contributed by atoms with E-state index in [1.807, 2.05) is 0 Å². The Bertz CT molecular complexity index is 634. The zero-order valence-electron chi connectivity index (χ0n) is 10.3.